The zero-order valence-corrected chi connectivity index (χ0v) is 32.9. The summed E-state index contributed by atoms with van der Waals surface area (Å²) in [5.41, 5.74) is 0.655. The van der Waals surface area contributed by atoms with Crippen molar-refractivity contribution in [2.45, 2.75) is 138 Å². The van der Waals surface area contributed by atoms with Gasteiger partial charge in [-0.1, -0.05) is 48.5 Å². The lowest BCUT2D eigenvalue weighted by Crippen LogP contribution is -2.67. The van der Waals surface area contributed by atoms with E-state index in [-0.39, 0.29) is 70.2 Å². The van der Waals surface area contributed by atoms with Crippen molar-refractivity contribution in [1.29, 1.82) is 0 Å². The van der Waals surface area contributed by atoms with Crippen LogP contribution in [-0.2, 0) is 19.1 Å². The van der Waals surface area contributed by atoms with Gasteiger partial charge in [-0.05, 0) is 128 Å². The average Bonchev–Trinajstić information content (AvgIpc) is 3.30. The normalized spacial score (nSPS) is 36.9. The molecule has 0 aromatic carbocycles. The van der Waals surface area contributed by atoms with Crippen LogP contribution in [0, 0.1) is 50.7 Å². The van der Waals surface area contributed by atoms with Crippen LogP contribution in [0.15, 0.2) is 35.7 Å². The van der Waals surface area contributed by atoms with Crippen molar-refractivity contribution in [1.82, 2.24) is 10.3 Å². The number of aliphatic carboxylic acids is 1. The van der Waals surface area contributed by atoms with E-state index in [1.165, 1.54) is 5.57 Å². The summed E-state index contributed by atoms with van der Waals surface area (Å²) in [6, 6.07) is 3.31. The van der Waals surface area contributed by atoms with Crippen molar-refractivity contribution in [3.8, 4) is 0 Å². The molecule has 6 rings (SSSR count). The van der Waals surface area contributed by atoms with Crippen molar-refractivity contribution in [3.63, 3.8) is 0 Å². The lowest BCUT2D eigenvalue weighted by Gasteiger charge is -2.72. The summed E-state index contributed by atoms with van der Waals surface area (Å²) in [4.78, 5) is 56.3. The quantitative estimate of drug-likeness (QED) is 0.239. The van der Waals surface area contributed by atoms with E-state index >= 15 is 0 Å². The number of carbonyl (C=O) groups is 4. The van der Waals surface area contributed by atoms with Gasteiger partial charge in [0.2, 0.25) is 0 Å². The number of nitrogens with zero attached hydrogens (tertiary/aromatic N) is 1. The monoisotopic (exact) mass is 725 g/mol. The van der Waals surface area contributed by atoms with Crippen LogP contribution in [0.25, 0.3) is 0 Å². The molecule has 0 spiro atoms. The van der Waals surface area contributed by atoms with Gasteiger partial charge in [-0.2, -0.15) is 0 Å². The molecule has 0 saturated heterocycles. The van der Waals surface area contributed by atoms with Gasteiger partial charge >= 0.3 is 18.0 Å². The predicted octanol–water partition coefficient (Wildman–Crippen LogP) is 8.77. The third kappa shape index (κ3) is 6.11. The molecule has 9 nitrogen and oxygen atoms in total. The Labute approximate surface area is 310 Å². The first-order valence-corrected chi connectivity index (χ1v) is 18.9. The largest absolute Gasteiger partial charge is 0.481 e. The lowest BCUT2D eigenvalue weighted by molar-refractivity contribution is -0.232. The first kappa shape index (κ1) is 39.3. The highest BCUT2D eigenvalue weighted by molar-refractivity contribution is 6.03. The lowest BCUT2D eigenvalue weighted by atomic mass is 9.33. The van der Waals surface area contributed by atoms with Gasteiger partial charge in [-0.3, -0.25) is 19.4 Å². The van der Waals surface area contributed by atoms with Crippen LogP contribution in [-0.4, -0.2) is 45.5 Å². The number of allylic oxidation sites excluding steroid dienone is 1. The fraction of sp³-hybridized carbons (Fsp3) is 0.732. The molecule has 3 unspecified atom stereocenters. The fourth-order valence-corrected chi connectivity index (χ4v) is 12.4. The number of hydrogen-bond acceptors (Lipinski definition) is 6. The number of ketones is 1. The number of aromatic nitrogens is 1. The molecule has 0 radical (unpaired) electrons. The van der Waals surface area contributed by atoms with Crippen LogP contribution >= 0.6 is 12.4 Å². The molecule has 1 aromatic heterocycles. The summed E-state index contributed by atoms with van der Waals surface area (Å²) < 4.78 is 6.14. The van der Waals surface area contributed by atoms with Crippen molar-refractivity contribution in [3.05, 3.63) is 35.7 Å². The van der Waals surface area contributed by atoms with Gasteiger partial charge in [0, 0.05) is 18.0 Å². The van der Waals surface area contributed by atoms with Gasteiger partial charge in [-0.15, -0.1) is 12.4 Å². The second kappa shape index (κ2) is 13.2. The number of fused-ring (bicyclic) bond motifs is 7. The van der Waals surface area contributed by atoms with E-state index in [9.17, 15) is 24.3 Å². The minimum absolute atomic E-state index is 0. The number of nitrogens with one attached hydrogen (secondary N) is 2. The Balaban J connectivity index is 0.00000504. The molecule has 1 heterocycles. The molecule has 2 amide bonds. The van der Waals surface area contributed by atoms with Crippen molar-refractivity contribution in [2.24, 2.45) is 50.7 Å². The maximum atomic E-state index is 13.9. The van der Waals surface area contributed by atoms with E-state index in [0.29, 0.717) is 23.9 Å². The van der Waals surface area contributed by atoms with Gasteiger partial charge in [0.25, 0.3) is 0 Å². The molecular weight excluding hydrogens is 666 g/mol. The zero-order chi connectivity index (χ0) is 36.7. The molecule has 51 heavy (non-hydrogen) atoms. The molecule has 0 bridgehead atoms. The number of esters is 1. The predicted molar refractivity (Wildman–Crippen MR) is 199 cm³/mol. The van der Waals surface area contributed by atoms with Crippen LogP contribution in [0.3, 0.4) is 0 Å². The topological polar surface area (TPSA) is 135 Å². The number of carboxylic acids is 1. The number of pyridine rings is 1. The number of Topliss-reactive ketones (excluding diaryl/α,β-unsaturated/α-hetero) is 1. The summed E-state index contributed by atoms with van der Waals surface area (Å²) in [6.07, 6.45) is 10.7. The number of halogens is 1. The highest BCUT2D eigenvalue weighted by Crippen LogP contribution is 2.76. The van der Waals surface area contributed by atoms with Crippen LogP contribution < -0.4 is 10.6 Å². The third-order valence-corrected chi connectivity index (χ3v) is 15.1. The molecule has 5 aliphatic carbocycles. The maximum absolute atomic E-state index is 13.9. The number of rotatable bonds is 7. The summed E-state index contributed by atoms with van der Waals surface area (Å²) in [6.45, 7) is 19.4. The molecule has 8 atom stereocenters. The van der Waals surface area contributed by atoms with Crippen LogP contribution in [0.4, 0.5) is 10.5 Å². The minimum Gasteiger partial charge on any atom is -0.481 e. The number of urea groups is 1. The van der Waals surface area contributed by atoms with Crippen LogP contribution in [0.5, 0.6) is 0 Å². The van der Waals surface area contributed by atoms with E-state index in [1.54, 1.807) is 32.3 Å². The Morgan fingerprint density at radius 1 is 0.980 bits per heavy atom. The average molecular weight is 726 g/mol. The molecule has 4 fully saturated rings. The standard InChI is InChI=1S/C41H59N3O6.ClH/c1-24(2)32-27(45)21-41(44-35(49)43-25-11-10-20-42-23-25)19-18-39(8)26(33(32)41)12-13-29-38(7)16-15-30(50-31(46)22-36(3,4)34(47)48)37(5,6)28(38)14-17-40(29,39)9;/h10-11,20,23-24,26,28-30H,12-19,21-22H2,1-9H3,(H,47,48)(H2,43,44,49);1H/t26?,28?,29?,30-,38-,39+,40+,41+;/m0./s1. The molecule has 5 aliphatic rings. The second-order valence-electron chi connectivity index (χ2n) is 18.8. The molecule has 4 saturated carbocycles. The molecule has 1 aromatic rings. The van der Waals surface area contributed by atoms with E-state index in [2.05, 4.69) is 64.1 Å². The van der Waals surface area contributed by atoms with Gasteiger partial charge in [0.1, 0.15) is 6.10 Å². The van der Waals surface area contributed by atoms with Crippen molar-refractivity contribution < 1.29 is 29.0 Å². The van der Waals surface area contributed by atoms with Crippen LogP contribution in [0.2, 0.25) is 0 Å². The highest BCUT2D eigenvalue weighted by Gasteiger charge is 2.70. The number of carboxylic acid groups (broad SMARTS) is 1. The summed E-state index contributed by atoms with van der Waals surface area (Å²) in [5.74, 6) is -0.168. The zero-order valence-electron chi connectivity index (χ0n) is 32.1. The number of ether oxygens (including phenoxy) is 1. The highest BCUT2D eigenvalue weighted by atomic mass is 35.5. The molecule has 3 N–H and O–H groups in total. The molecule has 0 aliphatic heterocycles. The summed E-state index contributed by atoms with van der Waals surface area (Å²) >= 11 is 0. The van der Waals surface area contributed by atoms with Gasteiger partial charge in [0.05, 0.1) is 29.3 Å². The second-order valence-corrected chi connectivity index (χ2v) is 18.8. The number of hydrogen-bond donors (Lipinski definition) is 3. The third-order valence-electron chi connectivity index (χ3n) is 15.1. The van der Waals surface area contributed by atoms with Gasteiger partial charge in [-0.25, -0.2) is 4.79 Å². The van der Waals surface area contributed by atoms with E-state index in [1.807, 2.05) is 6.07 Å². The summed E-state index contributed by atoms with van der Waals surface area (Å²) in [5, 5.41) is 15.9. The Kier molecular flexibility index (Phi) is 10.1. The molecule has 282 valence electrons. The minimum atomic E-state index is -1.17. The van der Waals surface area contributed by atoms with E-state index < -0.39 is 22.9 Å². The SMILES string of the molecule is CC(C)C1=C2C3CCC4[C@@]5(C)CC[C@H](OC(=O)CC(C)(C)C(=O)O)C(C)(C)C5CC[C@@]4(C)[C@]3(C)CC[C@@]2(NC(=O)Nc2cccnc2)CC1=O.Cl. The Morgan fingerprint density at radius 3 is 2.31 bits per heavy atom. The Morgan fingerprint density at radius 2 is 1.69 bits per heavy atom. The van der Waals surface area contributed by atoms with Gasteiger partial charge in [0.15, 0.2) is 5.78 Å². The first-order valence-electron chi connectivity index (χ1n) is 18.9. The Hall–Kier alpha value is -2.94. The van der Waals surface area contributed by atoms with Gasteiger partial charge < -0.3 is 20.5 Å². The molecule has 10 heteroatoms. The van der Waals surface area contributed by atoms with E-state index in [4.69, 9.17) is 4.74 Å². The maximum Gasteiger partial charge on any atom is 0.319 e. The van der Waals surface area contributed by atoms with E-state index in [0.717, 1.165) is 56.9 Å². The summed E-state index contributed by atoms with van der Waals surface area (Å²) in [7, 11) is 0. The van der Waals surface area contributed by atoms with Crippen LogP contribution in [0.1, 0.15) is 127 Å². The Bertz CT molecular complexity index is 1610. The number of carbonyl (C=O) groups excluding carboxylic acids is 3. The smallest absolute Gasteiger partial charge is 0.319 e. The molecular formula is C41H60ClN3O6. The number of amides is 2. The van der Waals surface area contributed by atoms with Crippen molar-refractivity contribution in [2.75, 3.05) is 5.32 Å². The fourth-order valence-electron chi connectivity index (χ4n) is 12.4. The van der Waals surface area contributed by atoms with Crippen molar-refractivity contribution >= 4 is 41.8 Å². The number of anilines is 1. The first-order chi connectivity index (χ1) is 23.2.